The molecular weight excluding hydrogens is 881 g/mol. The highest BCUT2D eigenvalue weighted by Crippen LogP contribution is 2.76. The fraction of sp³-hybridized carbons (Fsp3) is 0.958. The number of hydrogen-bond acceptors (Lipinski definition) is 19. The number of fused-ring (bicyclic) bond motifs is 5. The van der Waals surface area contributed by atoms with E-state index in [1.165, 1.54) is 0 Å². The molecule has 19 heteroatoms. The van der Waals surface area contributed by atoms with Crippen molar-refractivity contribution in [3.63, 3.8) is 0 Å². The van der Waals surface area contributed by atoms with Crippen molar-refractivity contribution in [3.8, 4) is 0 Å². The summed E-state index contributed by atoms with van der Waals surface area (Å²) in [5.41, 5.74) is -2.23. The van der Waals surface area contributed by atoms with Gasteiger partial charge < -0.3 is 94.8 Å². The Bertz CT molecular complexity index is 1710. The molecule has 0 aromatic rings. The lowest BCUT2D eigenvalue weighted by atomic mass is 9.34. The Morgan fingerprint density at radius 1 is 0.627 bits per heavy atom. The highest BCUT2D eigenvalue weighted by Gasteiger charge is 2.74. The van der Waals surface area contributed by atoms with Gasteiger partial charge in [-0.05, 0) is 117 Å². The molecule has 67 heavy (non-hydrogen) atoms. The summed E-state index contributed by atoms with van der Waals surface area (Å²) in [4.78, 5) is 0. The largest absolute Gasteiger partial charge is 0.394 e. The van der Waals surface area contributed by atoms with Gasteiger partial charge in [0.15, 0.2) is 18.9 Å². The van der Waals surface area contributed by atoms with Crippen molar-refractivity contribution in [2.45, 2.75) is 223 Å². The van der Waals surface area contributed by atoms with Crippen LogP contribution in [0.15, 0.2) is 11.6 Å². The van der Waals surface area contributed by atoms with Crippen LogP contribution in [0.25, 0.3) is 0 Å². The first kappa shape index (κ1) is 53.8. The molecule has 7 rings (SSSR count). The summed E-state index contributed by atoms with van der Waals surface area (Å²) in [6, 6.07) is 0. The van der Waals surface area contributed by atoms with Crippen molar-refractivity contribution in [3.05, 3.63) is 11.6 Å². The van der Waals surface area contributed by atoms with Crippen LogP contribution in [-0.2, 0) is 28.4 Å². The second-order valence-electron chi connectivity index (χ2n) is 23.1. The van der Waals surface area contributed by atoms with Gasteiger partial charge in [-0.15, -0.1) is 0 Å². The zero-order valence-electron chi connectivity index (χ0n) is 40.3. The number of hydrogen-bond donors (Lipinski definition) is 13. The Morgan fingerprint density at radius 3 is 1.73 bits per heavy atom. The Balaban J connectivity index is 1.15. The van der Waals surface area contributed by atoms with Crippen molar-refractivity contribution in [1.29, 1.82) is 0 Å². The highest BCUT2D eigenvalue weighted by molar-refractivity contribution is 5.22. The molecule has 4 saturated carbocycles. The maximum atomic E-state index is 12.7. The molecule has 26 atom stereocenters. The first-order chi connectivity index (χ1) is 31.3. The van der Waals surface area contributed by atoms with Crippen LogP contribution < -0.4 is 0 Å². The molecule has 0 radical (unpaired) electrons. The minimum atomic E-state index is -1.83. The SMILES string of the molecule is CC(C)=CCC[C@](C)(O[C@@H]1O[C@H](CO)[C@@H](O)[C@H](O)[C@H]1O)[C@H]1CC[C@]2(C)[C@@H]1[C@H](O)C[C@@H]1[C@@]3(C)CC[C@H](O[C@@H]4O[C@H](CO)[C@@H](O)[C@H](O)[C@H]4O[C@@H]4O[C@H](CO)[C@@H](O)[C@H](O)[C@H]4O)C(C)(C)[C@@H]3[C@H](O)C[C@]12C. The number of aliphatic hydroxyl groups excluding tert-OH is 13. The van der Waals surface area contributed by atoms with E-state index in [1.54, 1.807) is 0 Å². The van der Waals surface area contributed by atoms with E-state index in [1.807, 2.05) is 34.6 Å². The monoisotopic (exact) mass is 963 g/mol. The molecule has 0 bridgehead atoms. The van der Waals surface area contributed by atoms with Gasteiger partial charge in [-0.1, -0.05) is 46.3 Å². The molecule has 4 aliphatic carbocycles. The molecule has 0 spiro atoms. The van der Waals surface area contributed by atoms with Gasteiger partial charge in [0.1, 0.15) is 73.2 Å². The topological polar surface area (TPSA) is 318 Å². The third kappa shape index (κ3) is 9.03. The Hall–Kier alpha value is -1.02. The Kier molecular flexibility index (Phi) is 15.9. The van der Waals surface area contributed by atoms with Gasteiger partial charge in [0.25, 0.3) is 0 Å². The predicted octanol–water partition coefficient (Wildman–Crippen LogP) is -1.06. The molecule has 19 nitrogen and oxygen atoms in total. The summed E-state index contributed by atoms with van der Waals surface area (Å²) in [6.45, 7) is 14.6. The number of allylic oxidation sites excluding steroid dienone is 2. The minimum Gasteiger partial charge on any atom is -0.394 e. The van der Waals surface area contributed by atoms with Gasteiger partial charge in [0.2, 0.25) is 0 Å². The van der Waals surface area contributed by atoms with E-state index in [4.69, 9.17) is 28.4 Å². The van der Waals surface area contributed by atoms with Crippen molar-refractivity contribution in [1.82, 2.24) is 0 Å². The van der Waals surface area contributed by atoms with E-state index in [2.05, 4.69) is 26.8 Å². The molecule has 3 heterocycles. The van der Waals surface area contributed by atoms with Gasteiger partial charge in [0, 0.05) is 0 Å². The van der Waals surface area contributed by atoms with E-state index < -0.39 is 158 Å². The van der Waals surface area contributed by atoms with Gasteiger partial charge >= 0.3 is 0 Å². The van der Waals surface area contributed by atoms with Crippen LogP contribution in [-0.4, -0.2) is 202 Å². The lowest BCUT2D eigenvalue weighted by molar-refractivity contribution is -0.380. The van der Waals surface area contributed by atoms with Crippen LogP contribution >= 0.6 is 0 Å². The van der Waals surface area contributed by atoms with E-state index in [-0.39, 0.29) is 23.7 Å². The number of rotatable bonds is 13. The molecule has 0 amide bonds. The summed E-state index contributed by atoms with van der Waals surface area (Å²) in [7, 11) is 0. The van der Waals surface area contributed by atoms with Gasteiger partial charge in [-0.2, -0.15) is 0 Å². The molecule has 13 N–H and O–H groups in total. The predicted molar refractivity (Wildman–Crippen MR) is 235 cm³/mol. The average Bonchev–Trinajstić information content (AvgIpc) is 3.65. The lowest BCUT2D eigenvalue weighted by Gasteiger charge is -2.71. The minimum absolute atomic E-state index is 0.0733. The van der Waals surface area contributed by atoms with Gasteiger partial charge in [0.05, 0.1) is 43.7 Å². The molecule has 0 unspecified atom stereocenters. The zero-order valence-corrected chi connectivity index (χ0v) is 40.3. The third-order valence-corrected chi connectivity index (χ3v) is 18.7. The van der Waals surface area contributed by atoms with Crippen molar-refractivity contribution < 1.29 is 94.8 Å². The van der Waals surface area contributed by atoms with Crippen LogP contribution in [0.4, 0.5) is 0 Å². The summed E-state index contributed by atoms with van der Waals surface area (Å²) in [6.07, 6.45) is -19.2. The standard InChI is InChI=1S/C48H82O19/c1-21(2)10-9-13-48(8,67-42-38(61)35(58)32(55)26(19-50)63-42)22-11-15-46(6)30(22)23(52)16-28-45(5)14-12-29(44(3,4)40(45)24(53)17-47(28,46)7)65-43-39(36(59)33(56)27(20-51)64-43)66-41-37(60)34(57)31(54)25(18-49)62-41/h10,22-43,49-61H,9,11-20H2,1-8H3/t22-,23+,24+,25+,26+,27+,28+,29-,30-,31+,32+,33+,34-,35-,36-,37+,38+,39+,40-,41-,42-,43-,45+,46+,47+,48-/m0/s1. The van der Waals surface area contributed by atoms with Crippen molar-refractivity contribution >= 4 is 0 Å². The van der Waals surface area contributed by atoms with Crippen molar-refractivity contribution in [2.75, 3.05) is 19.8 Å². The summed E-state index contributed by atoms with van der Waals surface area (Å²) in [5, 5.41) is 142. The third-order valence-electron chi connectivity index (χ3n) is 18.7. The van der Waals surface area contributed by atoms with E-state index in [0.29, 0.717) is 51.4 Å². The maximum absolute atomic E-state index is 12.7. The Labute approximate surface area is 393 Å². The summed E-state index contributed by atoms with van der Waals surface area (Å²) < 4.78 is 37.0. The second-order valence-corrected chi connectivity index (χ2v) is 23.1. The average molecular weight is 963 g/mol. The number of ether oxygens (including phenoxy) is 6. The molecule has 388 valence electrons. The van der Waals surface area contributed by atoms with E-state index >= 15 is 0 Å². The molecule has 7 fully saturated rings. The summed E-state index contributed by atoms with van der Waals surface area (Å²) >= 11 is 0. The smallest absolute Gasteiger partial charge is 0.187 e. The van der Waals surface area contributed by atoms with Crippen LogP contribution in [0.1, 0.15) is 107 Å². The van der Waals surface area contributed by atoms with E-state index in [0.717, 1.165) is 5.57 Å². The molecule has 0 aromatic carbocycles. The first-order valence-electron chi connectivity index (χ1n) is 24.5. The van der Waals surface area contributed by atoms with Gasteiger partial charge in [-0.3, -0.25) is 0 Å². The molecule has 3 aliphatic heterocycles. The maximum Gasteiger partial charge on any atom is 0.187 e. The number of aliphatic hydroxyl groups is 13. The van der Waals surface area contributed by atoms with Crippen LogP contribution in [0.2, 0.25) is 0 Å². The quantitative estimate of drug-likeness (QED) is 0.0773. The highest BCUT2D eigenvalue weighted by atomic mass is 16.8. The zero-order chi connectivity index (χ0) is 49.5. The van der Waals surface area contributed by atoms with Crippen molar-refractivity contribution in [2.24, 2.45) is 45.3 Å². The summed E-state index contributed by atoms with van der Waals surface area (Å²) in [5.74, 6) is -1.02. The Morgan fingerprint density at radius 2 is 1.16 bits per heavy atom. The fourth-order valence-corrected chi connectivity index (χ4v) is 15.1. The van der Waals surface area contributed by atoms with E-state index in [9.17, 15) is 66.4 Å². The first-order valence-corrected chi connectivity index (χ1v) is 24.5. The molecular formula is C48H82O19. The fourth-order valence-electron chi connectivity index (χ4n) is 15.1. The second kappa shape index (κ2) is 19.8. The lowest BCUT2D eigenvalue weighted by Crippen LogP contribution is -2.70. The molecule has 0 aromatic heterocycles. The van der Waals surface area contributed by atoms with Gasteiger partial charge in [-0.25, -0.2) is 0 Å². The van der Waals surface area contributed by atoms with Crippen LogP contribution in [0.5, 0.6) is 0 Å². The normalized spacial score (nSPS) is 52.9. The van der Waals surface area contributed by atoms with Crippen LogP contribution in [0, 0.1) is 45.3 Å². The molecule has 7 aliphatic rings. The molecule has 3 saturated heterocycles. The van der Waals surface area contributed by atoms with Crippen LogP contribution in [0.3, 0.4) is 0 Å².